The molecule has 0 aliphatic carbocycles. The fourth-order valence-corrected chi connectivity index (χ4v) is 3.42. The van der Waals surface area contributed by atoms with Gasteiger partial charge >= 0.3 is 5.97 Å². The van der Waals surface area contributed by atoms with Gasteiger partial charge in [0.25, 0.3) is 5.91 Å². The van der Waals surface area contributed by atoms with Crippen LogP contribution in [-0.4, -0.2) is 33.5 Å². The first-order valence-corrected chi connectivity index (χ1v) is 8.59. The van der Waals surface area contributed by atoms with E-state index < -0.39 is 11.9 Å². The predicted octanol–water partition coefficient (Wildman–Crippen LogP) is 2.62. The second kappa shape index (κ2) is 7.49. The standard InChI is InChI=1S/C20H22N4O3/c1-12-17(14-4-6-15(7-5-14)20(26)27-3)18(19(21)25)13(2)24(12)9-8-16-10-22-11-23-16/h4-7,10-11H,8-9H2,1-3H3,(H2,21,25)(H,22,23). The van der Waals surface area contributed by atoms with Gasteiger partial charge in [0.2, 0.25) is 0 Å². The topological polar surface area (TPSA) is 103 Å². The minimum atomic E-state index is -0.470. The maximum atomic E-state index is 12.2. The first-order chi connectivity index (χ1) is 12.9. The molecule has 0 spiro atoms. The van der Waals surface area contributed by atoms with Gasteiger partial charge in [0.05, 0.1) is 24.6 Å². The lowest BCUT2D eigenvalue weighted by Gasteiger charge is -2.09. The molecule has 0 unspecified atom stereocenters. The molecule has 7 heteroatoms. The summed E-state index contributed by atoms with van der Waals surface area (Å²) in [6.07, 6.45) is 4.19. The number of methoxy groups -OCH3 is 1. The molecule has 140 valence electrons. The highest BCUT2D eigenvalue weighted by Gasteiger charge is 2.22. The summed E-state index contributed by atoms with van der Waals surface area (Å²) >= 11 is 0. The van der Waals surface area contributed by atoms with E-state index in [-0.39, 0.29) is 0 Å². The zero-order valence-electron chi connectivity index (χ0n) is 15.6. The highest BCUT2D eigenvalue weighted by Crippen LogP contribution is 2.32. The van der Waals surface area contributed by atoms with Crippen LogP contribution in [0.25, 0.3) is 11.1 Å². The largest absolute Gasteiger partial charge is 0.465 e. The SMILES string of the molecule is COC(=O)c1ccc(-c2c(C(N)=O)c(C)n(CCc3cnc[nH]3)c2C)cc1. The van der Waals surface area contributed by atoms with Gasteiger partial charge in [0, 0.05) is 41.8 Å². The number of esters is 1. The zero-order valence-corrected chi connectivity index (χ0v) is 15.6. The number of benzene rings is 1. The van der Waals surface area contributed by atoms with E-state index in [1.807, 2.05) is 13.8 Å². The molecule has 3 rings (SSSR count). The van der Waals surface area contributed by atoms with Crippen molar-refractivity contribution in [1.82, 2.24) is 14.5 Å². The average molecular weight is 366 g/mol. The molecule has 0 saturated carbocycles. The Morgan fingerprint density at radius 2 is 1.89 bits per heavy atom. The average Bonchev–Trinajstić information content (AvgIpc) is 3.26. The van der Waals surface area contributed by atoms with Crippen LogP contribution in [0.4, 0.5) is 0 Å². The molecule has 0 fully saturated rings. The van der Waals surface area contributed by atoms with Crippen molar-refractivity contribution in [1.29, 1.82) is 0 Å². The summed E-state index contributed by atoms with van der Waals surface area (Å²) in [4.78, 5) is 30.9. The van der Waals surface area contributed by atoms with Gasteiger partial charge < -0.3 is 20.0 Å². The summed E-state index contributed by atoms with van der Waals surface area (Å²) in [7, 11) is 1.34. The number of aromatic amines is 1. The van der Waals surface area contributed by atoms with Crippen molar-refractivity contribution >= 4 is 11.9 Å². The first kappa shape index (κ1) is 18.4. The summed E-state index contributed by atoms with van der Waals surface area (Å²) in [5.74, 6) is -0.871. The van der Waals surface area contributed by atoms with Crippen molar-refractivity contribution in [3.63, 3.8) is 0 Å². The van der Waals surface area contributed by atoms with Crippen LogP contribution >= 0.6 is 0 Å². The minimum Gasteiger partial charge on any atom is -0.465 e. The van der Waals surface area contributed by atoms with E-state index in [0.29, 0.717) is 17.7 Å². The molecular formula is C20H22N4O3. The third kappa shape index (κ3) is 3.48. The van der Waals surface area contributed by atoms with Crippen molar-refractivity contribution in [2.45, 2.75) is 26.8 Å². The number of rotatable bonds is 6. The van der Waals surface area contributed by atoms with Crippen LogP contribution in [0.2, 0.25) is 0 Å². The maximum absolute atomic E-state index is 12.2. The number of nitrogens with one attached hydrogen (secondary N) is 1. The number of carbonyl (C=O) groups excluding carboxylic acids is 2. The van der Waals surface area contributed by atoms with Gasteiger partial charge in [-0.25, -0.2) is 9.78 Å². The van der Waals surface area contributed by atoms with E-state index in [2.05, 4.69) is 14.5 Å². The summed E-state index contributed by atoms with van der Waals surface area (Å²) in [6, 6.07) is 6.98. The summed E-state index contributed by atoms with van der Waals surface area (Å²) < 4.78 is 6.82. The van der Waals surface area contributed by atoms with Crippen LogP contribution in [0.15, 0.2) is 36.8 Å². The molecule has 3 N–H and O–H groups in total. The predicted molar refractivity (Wildman–Crippen MR) is 101 cm³/mol. The lowest BCUT2D eigenvalue weighted by Crippen LogP contribution is -2.14. The Bertz CT molecular complexity index is 970. The number of aromatic nitrogens is 3. The molecule has 2 heterocycles. The fraction of sp³-hybridized carbons (Fsp3) is 0.250. The monoisotopic (exact) mass is 366 g/mol. The third-order valence-electron chi connectivity index (χ3n) is 4.78. The summed E-state index contributed by atoms with van der Waals surface area (Å²) in [5.41, 5.74) is 11.1. The molecule has 1 amide bonds. The number of aryl methyl sites for hydroxylation is 1. The van der Waals surface area contributed by atoms with E-state index in [1.165, 1.54) is 7.11 Å². The molecule has 0 saturated heterocycles. The van der Waals surface area contributed by atoms with Crippen LogP contribution < -0.4 is 5.73 Å². The van der Waals surface area contributed by atoms with E-state index in [1.54, 1.807) is 36.8 Å². The van der Waals surface area contributed by atoms with Crippen molar-refractivity contribution in [3.8, 4) is 11.1 Å². The molecule has 2 aromatic heterocycles. The van der Waals surface area contributed by atoms with Gasteiger partial charge in [0.15, 0.2) is 0 Å². The van der Waals surface area contributed by atoms with Gasteiger partial charge in [-0.05, 0) is 31.5 Å². The number of ether oxygens (including phenoxy) is 1. The fourth-order valence-electron chi connectivity index (χ4n) is 3.42. The lowest BCUT2D eigenvalue weighted by molar-refractivity contribution is 0.0600. The van der Waals surface area contributed by atoms with E-state index in [4.69, 9.17) is 10.5 Å². The number of nitrogens with zero attached hydrogens (tertiary/aromatic N) is 2. The number of imidazole rings is 1. The smallest absolute Gasteiger partial charge is 0.337 e. The van der Waals surface area contributed by atoms with Crippen LogP contribution in [0.3, 0.4) is 0 Å². The molecule has 3 aromatic rings. The minimum absolute atomic E-state index is 0.401. The van der Waals surface area contributed by atoms with E-state index in [0.717, 1.165) is 34.6 Å². The van der Waals surface area contributed by atoms with Crippen LogP contribution in [0, 0.1) is 13.8 Å². The Balaban J connectivity index is 2.02. The quantitative estimate of drug-likeness (QED) is 0.655. The Morgan fingerprint density at radius 1 is 1.19 bits per heavy atom. The highest BCUT2D eigenvalue weighted by atomic mass is 16.5. The summed E-state index contributed by atoms with van der Waals surface area (Å²) in [6.45, 7) is 4.56. The maximum Gasteiger partial charge on any atom is 0.337 e. The van der Waals surface area contributed by atoms with Crippen molar-refractivity contribution in [2.75, 3.05) is 7.11 Å². The van der Waals surface area contributed by atoms with E-state index in [9.17, 15) is 9.59 Å². The third-order valence-corrected chi connectivity index (χ3v) is 4.78. The van der Waals surface area contributed by atoms with Crippen molar-refractivity contribution < 1.29 is 14.3 Å². The van der Waals surface area contributed by atoms with Gasteiger partial charge in [0.1, 0.15) is 0 Å². The number of hydrogen-bond acceptors (Lipinski definition) is 4. The number of primary amides is 1. The number of amides is 1. The molecule has 0 bridgehead atoms. The van der Waals surface area contributed by atoms with Gasteiger partial charge in [-0.15, -0.1) is 0 Å². The number of carbonyl (C=O) groups is 2. The number of nitrogens with two attached hydrogens (primary N) is 1. The van der Waals surface area contributed by atoms with Crippen LogP contribution in [0.1, 0.15) is 37.8 Å². The van der Waals surface area contributed by atoms with Gasteiger partial charge in [-0.1, -0.05) is 12.1 Å². The highest BCUT2D eigenvalue weighted by molar-refractivity contribution is 6.02. The van der Waals surface area contributed by atoms with Crippen LogP contribution in [0.5, 0.6) is 0 Å². The molecule has 0 aliphatic rings. The molecule has 27 heavy (non-hydrogen) atoms. The molecule has 0 radical (unpaired) electrons. The van der Waals surface area contributed by atoms with Crippen molar-refractivity contribution in [3.05, 3.63) is 65.0 Å². The summed E-state index contributed by atoms with van der Waals surface area (Å²) in [5, 5.41) is 0. The van der Waals surface area contributed by atoms with Crippen molar-refractivity contribution in [2.24, 2.45) is 5.73 Å². The molecule has 7 nitrogen and oxygen atoms in total. The van der Waals surface area contributed by atoms with E-state index >= 15 is 0 Å². The Kier molecular flexibility index (Phi) is 5.12. The molecule has 0 atom stereocenters. The lowest BCUT2D eigenvalue weighted by atomic mass is 9.99. The first-order valence-electron chi connectivity index (χ1n) is 8.59. The number of H-pyrrole nitrogens is 1. The number of hydrogen-bond donors (Lipinski definition) is 2. The second-order valence-electron chi connectivity index (χ2n) is 6.33. The molecular weight excluding hydrogens is 344 g/mol. The molecule has 0 aliphatic heterocycles. The van der Waals surface area contributed by atoms with Gasteiger partial charge in [-0.3, -0.25) is 4.79 Å². The molecule has 1 aromatic carbocycles. The Hall–Kier alpha value is -3.35. The Morgan fingerprint density at radius 3 is 2.44 bits per heavy atom. The Labute approximate surface area is 157 Å². The second-order valence-corrected chi connectivity index (χ2v) is 6.33. The normalized spacial score (nSPS) is 10.8. The van der Waals surface area contributed by atoms with Gasteiger partial charge in [-0.2, -0.15) is 0 Å². The van der Waals surface area contributed by atoms with Crippen LogP contribution in [-0.2, 0) is 17.7 Å². The zero-order chi connectivity index (χ0) is 19.6.